The second-order valence-electron chi connectivity index (χ2n) is 8.94. The lowest BCUT2D eigenvalue weighted by molar-refractivity contribution is -0.139. The molecule has 0 amide bonds. The van der Waals surface area contributed by atoms with Crippen LogP contribution in [0.15, 0.2) is 63.5 Å². The smallest absolute Gasteiger partial charge is 0.338 e. The number of carbonyl (C=O) groups excluding carboxylic acids is 1. The first-order valence-corrected chi connectivity index (χ1v) is 13.2. The van der Waals surface area contributed by atoms with Crippen molar-refractivity contribution in [2.24, 2.45) is 10.9 Å². The number of hydrogen-bond donors (Lipinski definition) is 0. The Hall–Kier alpha value is -3.36. The van der Waals surface area contributed by atoms with Crippen molar-refractivity contribution in [1.82, 2.24) is 4.57 Å². The molecule has 1 aromatic heterocycles. The van der Waals surface area contributed by atoms with Crippen LogP contribution in [0.5, 0.6) is 11.5 Å². The van der Waals surface area contributed by atoms with E-state index in [0.29, 0.717) is 55.2 Å². The number of allylic oxidation sites excluding steroid dienone is 1. The van der Waals surface area contributed by atoms with Gasteiger partial charge in [0.1, 0.15) is 6.04 Å². The maximum atomic E-state index is 13.8. The summed E-state index contributed by atoms with van der Waals surface area (Å²) in [5.74, 6) is 1.07. The van der Waals surface area contributed by atoms with Crippen LogP contribution >= 0.6 is 22.9 Å². The lowest BCUT2D eigenvalue weighted by atomic mass is 9.96. The topological polar surface area (TPSA) is 79.1 Å². The Bertz CT molecular complexity index is 1540. The van der Waals surface area contributed by atoms with E-state index in [1.54, 1.807) is 39.2 Å². The first kappa shape index (κ1) is 26.7. The van der Waals surface area contributed by atoms with Gasteiger partial charge in [0.15, 0.2) is 16.3 Å². The van der Waals surface area contributed by atoms with Crippen LogP contribution in [0.1, 0.15) is 44.9 Å². The van der Waals surface area contributed by atoms with Gasteiger partial charge in [0, 0.05) is 5.02 Å². The van der Waals surface area contributed by atoms with E-state index >= 15 is 0 Å². The van der Waals surface area contributed by atoms with E-state index in [2.05, 4.69) is 18.8 Å². The average molecular weight is 541 g/mol. The van der Waals surface area contributed by atoms with Crippen LogP contribution in [0.25, 0.3) is 6.08 Å². The molecule has 1 aliphatic heterocycles. The summed E-state index contributed by atoms with van der Waals surface area (Å²) < 4.78 is 18.7. The highest BCUT2D eigenvalue weighted by Gasteiger charge is 2.34. The van der Waals surface area contributed by atoms with Crippen molar-refractivity contribution >= 4 is 35.0 Å². The normalized spacial score (nSPS) is 15.4. The van der Waals surface area contributed by atoms with Gasteiger partial charge >= 0.3 is 5.97 Å². The van der Waals surface area contributed by atoms with Crippen LogP contribution < -0.4 is 24.4 Å². The van der Waals surface area contributed by atoms with E-state index < -0.39 is 12.0 Å². The van der Waals surface area contributed by atoms with Gasteiger partial charge in [-0.05, 0) is 55.2 Å². The number of halogens is 1. The van der Waals surface area contributed by atoms with Crippen LogP contribution in [0.4, 0.5) is 0 Å². The van der Waals surface area contributed by atoms with E-state index in [4.69, 9.17) is 25.8 Å². The van der Waals surface area contributed by atoms with Crippen molar-refractivity contribution in [3.05, 3.63) is 89.6 Å². The summed E-state index contributed by atoms with van der Waals surface area (Å²) in [6, 6.07) is 11.9. The predicted octanol–water partition coefficient (Wildman–Crippen LogP) is 4.50. The standard InChI is InChI=1S/C28H29ClN2O5S/c1-6-35-27(33)24-17(4)30-28-31(25(24)19-9-7-8-10-20(19)29)26(32)23(37-28)14-18-11-12-21(22(13-18)34-5)36-15-16(2)3/h7-14,16,25H,6,15H2,1-5H3/b23-14+/t25-/m1/s1. The lowest BCUT2D eigenvalue weighted by Gasteiger charge is -2.25. The number of benzene rings is 2. The molecule has 3 aromatic rings. The van der Waals surface area contributed by atoms with Crippen LogP contribution in [0, 0.1) is 5.92 Å². The first-order chi connectivity index (χ1) is 17.7. The molecule has 0 aliphatic carbocycles. The maximum absolute atomic E-state index is 13.8. The molecule has 37 heavy (non-hydrogen) atoms. The number of hydrogen-bond acceptors (Lipinski definition) is 7. The molecule has 2 aromatic carbocycles. The maximum Gasteiger partial charge on any atom is 0.338 e. The Morgan fingerprint density at radius 2 is 1.97 bits per heavy atom. The molecular weight excluding hydrogens is 512 g/mol. The molecule has 194 valence electrons. The highest BCUT2D eigenvalue weighted by atomic mass is 35.5. The van der Waals surface area contributed by atoms with Gasteiger partial charge in [-0.2, -0.15) is 0 Å². The van der Waals surface area contributed by atoms with Crippen molar-refractivity contribution < 1.29 is 19.0 Å². The molecule has 2 heterocycles. The zero-order chi connectivity index (χ0) is 26.7. The Morgan fingerprint density at radius 1 is 1.22 bits per heavy atom. The molecule has 9 heteroatoms. The highest BCUT2D eigenvalue weighted by molar-refractivity contribution is 7.07. The fourth-order valence-corrected chi connectivity index (χ4v) is 5.37. The highest BCUT2D eigenvalue weighted by Crippen LogP contribution is 2.34. The number of fused-ring (bicyclic) bond motifs is 1. The zero-order valence-electron chi connectivity index (χ0n) is 21.4. The minimum atomic E-state index is -0.757. The summed E-state index contributed by atoms with van der Waals surface area (Å²) in [5, 5.41) is 0.445. The quantitative estimate of drug-likeness (QED) is 0.393. The number of aromatic nitrogens is 1. The summed E-state index contributed by atoms with van der Waals surface area (Å²) in [6.07, 6.45) is 1.78. The number of nitrogens with zero attached hydrogens (tertiary/aromatic N) is 2. The van der Waals surface area contributed by atoms with E-state index in [9.17, 15) is 9.59 Å². The fraction of sp³-hybridized carbons (Fsp3) is 0.321. The number of carbonyl (C=O) groups is 1. The van der Waals surface area contributed by atoms with Crippen LogP contribution in [-0.2, 0) is 9.53 Å². The Morgan fingerprint density at radius 3 is 2.65 bits per heavy atom. The van der Waals surface area contributed by atoms with Crippen molar-refractivity contribution in [2.45, 2.75) is 33.7 Å². The third kappa shape index (κ3) is 5.50. The largest absolute Gasteiger partial charge is 0.493 e. The number of rotatable bonds is 8. The van der Waals surface area contributed by atoms with Gasteiger partial charge in [-0.25, -0.2) is 9.79 Å². The minimum Gasteiger partial charge on any atom is -0.493 e. The van der Waals surface area contributed by atoms with Crippen LogP contribution in [0.3, 0.4) is 0 Å². The number of methoxy groups -OCH3 is 1. The van der Waals surface area contributed by atoms with Gasteiger partial charge < -0.3 is 14.2 Å². The molecule has 7 nitrogen and oxygen atoms in total. The zero-order valence-corrected chi connectivity index (χ0v) is 23.0. The molecule has 1 atom stereocenters. The molecular formula is C28H29ClN2O5S. The summed E-state index contributed by atoms with van der Waals surface area (Å²) in [4.78, 5) is 31.8. The summed E-state index contributed by atoms with van der Waals surface area (Å²) in [6.45, 7) is 8.40. The van der Waals surface area contributed by atoms with Gasteiger partial charge in [-0.3, -0.25) is 9.36 Å². The van der Waals surface area contributed by atoms with Gasteiger partial charge in [0.25, 0.3) is 5.56 Å². The van der Waals surface area contributed by atoms with Crippen molar-refractivity contribution in [2.75, 3.05) is 20.3 Å². The predicted molar refractivity (Wildman–Crippen MR) is 145 cm³/mol. The van der Waals surface area contributed by atoms with Crippen molar-refractivity contribution in [3.8, 4) is 11.5 Å². The number of ether oxygens (including phenoxy) is 3. The number of thiazole rings is 1. The monoisotopic (exact) mass is 540 g/mol. The second-order valence-corrected chi connectivity index (χ2v) is 10.4. The van der Waals surface area contributed by atoms with E-state index in [1.807, 2.05) is 30.3 Å². The summed E-state index contributed by atoms with van der Waals surface area (Å²) in [7, 11) is 1.58. The van der Waals surface area contributed by atoms with Gasteiger partial charge in [0.05, 0.1) is 36.1 Å². The fourth-order valence-electron chi connectivity index (χ4n) is 4.08. The molecule has 0 spiro atoms. The number of esters is 1. The molecule has 0 bridgehead atoms. The van der Waals surface area contributed by atoms with Crippen LogP contribution in [0.2, 0.25) is 5.02 Å². The van der Waals surface area contributed by atoms with Gasteiger partial charge in [0.2, 0.25) is 0 Å². The molecule has 0 radical (unpaired) electrons. The third-order valence-corrected chi connectivity index (χ3v) is 7.10. The molecule has 0 fully saturated rings. The third-order valence-electron chi connectivity index (χ3n) is 5.77. The summed E-state index contributed by atoms with van der Waals surface area (Å²) in [5.41, 5.74) is 1.91. The first-order valence-electron chi connectivity index (χ1n) is 12.0. The SMILES string of the molecule is CCOC(=O)C1=C(C)N=c2s/c(=C/c3ccc(OCC(C)C)c(OC)c3)c(=O)n2[C@@H]1c1ccccc1Cl. The Kier molecular flexibility index (Phi) is 8.19. The molecule has 4 rings (SSSR count). The molecule has 1 aliphatic rings. The molecule has 0 saturated heterocycles. The Labute approximate surface area is 224 Å². The van der Waals surface area contributed by atoms with Crippen molar-refractivity contribution in [1.29, 1.82) is 0 Å². The van der Waals surface area contributed by atoms with Gasteiger partial charge in [-0.15, -0.1) is 0 Å². The summed E-state index contributed by atoms with van der Waals surface area (Å²) >= 11 is 7.80. The van der Waals surface area contributed by atoms with E-state index in [-0.39, 0.29) is 12.2 Å². The lowest BCUT2D eigenvalue weighted by Crippen LogP contribution is -2.40. The molecule has 0 unspecified atom stereocenters. The Balaban J connectivity index is 1.86. The van der Waals surface area contributed by atoms with Crippen molar-refractivity contribution in [3.63, 3.8) is 0 Å². The molecule has 0 N–H and O–H groups in total. The van der Waals surface area contributed by atoms with E-state index in [1.165, 1.54) is 15.9 Å². The minimum absolute atomic E-state index is 0.202. The van der Waals surface area contributed by atoms with Crippen LogP contribution in [-0.4, -0.2) is 30.9 Å². The average Bonchev–Trinajstić information content (AvgIpc) is 3.16. The van der Waals surface area contributed by atoms with Gasteiger partial charge in [-0.1, -0.05) is 61.1 Å². The molecule has 0 saturated carbocycles. The second kappa shape index (κ2) is 11.4. The van der Waals surface area contributed by atoms with E-state index in [0.717, 1.165) is 5.56 Å².